The number of aliphatic hydroxyl groups excluding tert-OH is 2. The summed E-state index contributed by atoms with van der Waals surface area (Å²) in [6, 6.07) is 13.2. The molecule has 2 aromatic rings. The largest absolute Gasteiger partial charge is 0.504 e. The predicted molar refractivity (Wildman–Crippen MR) is 190 cm³/mol. The molecule has 19 heteroatoms. The van der Waals surface area contributed by atoms with Gasteiger partial charge in [-0.3, -0.25) is 19.6 Å². The van der Waals surface area contributed by atoms with Crippen molar-refractivity contribution >= 4 is 34.4 Å². The molecule has 0 aliphatic rings. The van der Waals surface area contributed by atoms with Gasteiger partial charge in [0.25, 0.3) is 11.6 Å². The van der Waals surface area contributed by atoms with Gasteiger partial charge in [0.05, 0.1) is 22.8 Å². The number of aliphatic imine (C=N–C) groups is 2. The van der Waals surface area contributed by atoms with Crippen molar-refractivity contribution in [3.05, 3.63) is 82.3 Å². The van der Waals surface area contributed by atoms with Gasteiger partial charge >= 0.3 is 24.7 Å². The summed E-state index contributed by atoms with van der Waals surface area (Å²) in [5, 5.41) is 15.9. The molecule has 0 unspecified atom stereocenters. The van der Waals surface area contributed by atoms with Crippen molar-refractivity contribution in [1.29, 1.82) is 0 Å². The van der Waals surface area contributed by atoms with E-state index in [9.17, 15) is 62.3 Å². The molecule has 0 bridgehead atoms. The van der Waals surface area contributed by atoms with Crippen LogP contribution in [0.2, 0.25) is 0 Å². The van der Waals surface area contributed by atoms with Crippen molar-refractivity contribution in [3.63, 3.8) is 0 Å². The first-order valence-electron chi connectivity index (χ1n) is 16.7. The zero-order valence-corrected chi connectivity index (χ0v) is 33.4. The Kier molecular flexibility index (Phi) is 21.3. The van der Waals surface area contributed by atoms with E-state index in [2.05, 4.69) is 106 Å². The maximum Gasteiger partial charge on any atom is 0.454 e. The molecule has 0 aromatic heterocycles. The minimum atomic E-state index is -5.42. The molecule has 0 amide bonds. The number of benzene rings is 2. The van der Waals surface area contributed by atoms with E-state index in [1.165, 1.54) is 22.3 Å². The molecule has 0 fully saturated rings. The number of ketones is 2. The molecular formula is C38H44F12N2NiO4. The Labute approximate surface area is 332 Å². The number of aliphatic hydroxyl groups is 2. The van der Waals surface area contributed by atoms with Gasteiger partial charge in [0.15, 0.2) is 0 Å². The number of carbonyl (C=O) groups excluding carboxylic acids is 2. The van der Waals surface area contributed by atoms with Gasteiger partial charge in [0, 0.05) is 28.6 Å². The van der Waals surface area contributed by atoms with Gasteiger partial charge in [0.1, 0.15) is 0 Å². The number of hydrogen-bond donors (Lipinski definition) is 2. The van der Waals surface area contributed by atoms with Gasteiger partial charge < -0.3 is 10.2 Å². The molecule has 0 heterocycles. The van der Waals surface area contributed by atoms with Crippen molar-refractivity contribution in [1.82, 2.24) is 0 Å². The SMILES string of the molecule is CC(=Nc1c(C(C)C)cccc1C(C)C)C(C)=Nc1c(C(C)C)cccc1C(C)C.O=C(/C=C(\O)C(F)(F)F)C(F)(F)F.O=C(/C=C(\O)C(F)(F)F)C(F)(F)F.[Ni]. The molecular weight excluding hydrogens is 835 g/mol. The molecule has 0 spiro atoms. The second kappa shape index (κ2) is 22.1. The predicted octanol–water partition coefficient (Wildman–Crippen LogP) is 13.3. The molecule has 0 saturated carbocycles. The standard InChI is InChI=1S/C28H40N2.2C5H2F6O2.Ni/c1-17(2)23-13-11-14-24(18(3)4)27(23)29-21(9)22(10)30-28-25(19(5)6)15-12-16-26(28)20(7)8;2*6-4(7,8)2(12)1-3(13)5(9,10)11;/h11-20H,1-10H3;2*1,12H;/b;2*2-1-;. The van der Waals surface area contributed by atoms with Crippen molar-refractivity contribution in [2.75, 3.05) is 0 Å². The van der Waals surface area contributed by atoms with E-state index in [-0.39, 0.29) is 16.5 Å². The topological polar surface area (TPSA) is 99.3 Å². The van der Waals surface area contributed by atoms with E-state index in [0.29, 0.717) is 23.7 Å². The van der Waals surface area contributed by atoms with Crippen LogP contribution < -0.4 is 0 Å². The Morgan fingerprint density at radius 3 is 0.860 bits per heavy atom. The third kappa shape index (κ3) is 18.3. The van der Waals surface area contributed by atoms with Gasteiger partial charge in [-0.05, 0) is 59.8 Å². The van der Waals surface area contributed by atoms with Gasteiger partial charge in [0.2, 0.25) is 11.5 Å². The second-order valence-electron chi connectivity index (χ2n) is 13.4. The van der Waals surface area contributed by atoms with Crippen LogP contribution in [0.4, 0.5) is 64.1 Å². The van der Waals surface area contributed by atoms with Crippen LogP contribution >= 0.6 is 0 Å². The first-order valence-corrected chi connectivity index (χ1v) is 16.7. The smallest absolute Gasteiger partial charge is 0.454 e. The van der Waals surface area contributed by atoms with Gasteiger partial charge in [-0.1, -0.05) is 91.8 Å². The summed E-state index contributed by atoms with van der Waals surface area (Å²) in [4.78, 5) is 30.0. The molecule has 324 valence electrons. The number of allylic oxidation sites excluding steroid dienone is 4. The van der Waals surface area contributed by atoms with Gasteiger partial charge in [-0.2, -0.15) is 52.7 Å². The fourth-order valence-corrected chi connectivity index (χ4v) is 4.35. The summed E-state index contributed by atoms with van der Waals surface area (Å²) in [6.45, 7) is 22.1. The molecule has 2 rings (SSSR count). The van der Waals surface area contributed by atoms with E-state index in [1.54, 1.807) is 0 Å². The van der Waals surface area contributed by atoms with Crippen LogP contribution in [-0.4, -0.2) is 57.9 Å². The van der Waals surface area contributed by atoms with E-state index in [1.807, 2.05) is 0 Å². The normalized spacial score (nSPS) is 13.6. The number of carbonyl (C=O) groups is 2. The third-order valence-electron chi connectivity index (χ3n) is 7.44. The van der Waals surface area contributed by atoms with Crippen LogP contribution in [0.15, 0.2) is 70.1 Å². The summed E-state index contributed by atoms with van der Waals surface area (Å²) in [7, 11) is 0. The number of halogens is 12. The average molecular weight is 879 g/mol. The molecule has 0 aliphatic heterocycles. The molecule has 0 aliphatic carbocycles. The van der Waals surface area contributed by atoms with E-state index >= 15 is 0 Å². The van der Waals surface area contributed by atoms with E-state index in [4.69, 9.17) is 20.2 Å². The van der Waals surface area contributed by atoms with Crippen molar-refractivity contribution in [2.45, 2.75) is 118 Å². The monoisotopic (exact) mass is 878 g/mol. The number of alkyl halides is 12. The zero-order chi connectivity index (χ0) is 44.3. The third-order valence-corrected chi connectivity index (χ3v) is 7.44. The summed E-state index contributed by atoms with van der Waals surface area (Å²) >= 11 is 0. The van der Waals surface area contributed by atoms with Crippen molar-refractivity contribution in [2.24, 2.45) is 9.98 Å². The fourth-order valence-electron chi connectivity index (χ4n) is 4.35. The maximum absolute atomic E-state index is 11.4. The molecule has 0 atom stereocenters. The number of para-hydroxylation sites is 2. The summed E-state index contributed by atoms with van der Waals surface area (Å²) in [5.41, 5.74) is 9.43. The molecule has 6 nitrogen and oxygen atoms in total. The van der Waals surface area contributed by atoms with Crippen molar-refractivity contribution in [3.8, 4) is 0 Å². The molecule has 57 heavy (non-hydrogen) atoms. The average Bonchev–Trinajstić information content (AvgIpc) is 3.03. The minimum Gasteiger partial charge on any atom is -0.504 e. The zero-order valence-electron chi connectivity index (χ0n) is 32.4. The van der Waals surface area contributed by atoms with Gasteiger partial charge in [-0.25, -0.2) is 0 Å². The van der Waals surface area contributed by atoms with Crippen LogP contribution in [-0.2, 0) is 26.1 Å². The number of hydrogen-bond acceptors (Lipinski definition) is 6. The summed E-state index contributed by atoms with van der Waals surface area (Å²) in [5.74, 6) is -8.94. The maximum atomic E-state index is 11.4. The molecule has 0 saturated heterocycles. The fraction of sp³-hybridized carbons (Fsp3) is 0.474. The first-order chi connectivity index (χ1) is 25.1. The Morgan fingerprint density at radius 2 is 0.702 bits per heavy atom. The van der Waals surface area contributed by atoms with Crippen LogP contribution in [0.3, 0.4) is 0 Å². The van der Waals surface area contributed by atoms with Crippen LogP contribution in [0.5, 0.6) is 0 Å². The van der Waals surface area contributed by atoms with E-state index in [0.717, 1.165) is 22.8 Å². The summed E-state index contributed by atoms with van der Waals surface area (Å²) < 4.78 is 136. The first kappa shape index (κ1) is 55.0. The Balaban J connectivity index is 0. The Bertz CT molecular complexity index is 1600. The van der Waals surface area contributed by atoms with Crippen molar-refractivity contribution < 1.29 is 89.0 Å². The van der Waals surface area contributed by atoms with E-state index < -0.39 is 59.9 Å². The Hall–Kier alpha value is -4.15. The minimum absolute atomic E-state index is 0. The number of nitrogens with zero attached hydrogens (tertiary/aromatic N) is 2. The van der Waals surface area contributed by atoms with Crippen LogP contribution in [0, 0.1) is 0 Å². The number of rotatable bonds is 9. The molecule has 2 N–H and O–H groups in total. The molecule has 0 radical (unpaired) electrons. The van der Waals surface area contributed by atoms with Gasteiger partial charge in [-0.15, -0.1) is 0 Å². The Morgan fingerprint density at radius 1 is 0.491 bits per heavy atom. The summed E-state index contributed by atoms with van der Waals surface area (Å²) in [6.07, 6.45) is -23.4. The second-order valence-corrected chi connectivity index (χ2v) is 13.4. The van der Waals surface area contributed by atoms with Crippen LogP contribution in [0.1, 0.15) is 115 Å². The quantitative estimate of drug-likeness (QED) is 0.0861. The molecule has 2 aromatic carbocycles. The van der Waals surface area contributed by atoms with Crippen LogP contribution in [0.25, 0.3) is 0 Å².